The van der Waals surface area contributed by atoms with Crippen LogP contribution in [-0.2, 0) is 21.8 Å². The largest absolute Gasteiger partial charge is 0.507 e. The predicted molar refractivity (Wildman–Crippen MR) is 204 cm³/mol. The fourth-order valence-electron chi connectivity index (χ4n) is 6.59. The summed E-state index contributed by atoms with van der Waals surface area (Å²) in [6, 6.07) is 28.2. The zero-order valence-corrected chi connectivity index (χ0v) is 30.9. The van der Waals surface area contributed by atoms with Crippen LogP contribution in [0.15, 0.2) is 85.1 Å². The normalized spacial score (nSPS) is 13.1. The van der Waals surface area contributed by atoms with Crippen LogP contribution in [0.3, 0.4) is 0 Å². The first-order valence-electron chi connectivity index (χ1n) is 17.1. The maximum atomic E-state index is 11.3. The number of aromatic hydroxyl groups is 1. The number of phenolic OH excluding ortho intramolecular Hbond substituents is 1. The van der Waals surface area contributed by atoms with Crippen molar-refractivity contribution in [3.05, 3.63) is 102 Å². The van der Waals surface area contributed by atoms with Crippen molar-refractivity contribution in [2.75, 3.05) is 0 Å². The van der Waals surface area contributed by atoms with E-state index in [-0.39, 0.29) is 27.5 Å². The van der Waals surface area contributed by atoms with Gasteiger partial charge in [-0.2, -0.15) is 0 Å². The predicted octanol–water partition coefficient (Wildman–Crippen LogP) is 11.9. The summed E-state index contributed by atoms with van der Waals surface area (Å²) in [5, 5.41) is 12.4. The summed E-state index contributed by atoms with van der Waals surface area (Å²) in [5.74, 6) is 1.01. The number of para-hydroxylation sites is 1. The molecule has 0 bridgehead atoms. The Hall–Kier alpha value is -4.44. The van der Waals surface area contributed by atoms with E-state index in [0.29, 0.717) is 0 Å². The van der Waals surface area contributed by atoms with Crippen LogP contribution in [0.1, 0.15) is 99.8 Å². The fourth-order valence-corrected chi connectivity index (χ4v) is 6.59. The van der Waals surface area contributed by atoms with Gasteiger partial charge in [-0.05, 0) is 107 Å². The van der Waals surface area contributed by atoms with Gasteiger partial charge in [0.2, 0.25) is 0 Å². The van der Waals surface area contributed by atoms with Crippen LogP contribution in [0.5, 0.6) is 5.75 Å². The summed E-state index contributed by atoms with van der Waals surface area (Å²) >= 11 is 0. The lowest BCUT2D eigenvalue weighted by atomic mass is 9.81. The monoisotopic (exact) mass is 637 g/mol. The number of phenols is 1. The lowest BCUT2D eigenvalue weighted by Crippen LogP contribution is -2.22. The van der Waals surface area contributed by atoms with Crippen molar-refractivity contribution in [3.8, 4) is 39.4 Å². The Kier molecular flexibility index (Phi) is 7.90. The number of hydrogen-bond acceptors (Lipinski definition) is 3. The fraction of sp³-hybridized carbons (Fsp3) is 0.364. The number of nitrogens with zero attached hydrogens (tertiary/aromatic N) is 3. The molecule has 0 saturated carbocycles. The molecule has 0 aliphatic carbocycles. The van der Waals surface area contributed by atoms with E-state index in [1.54, 1.807) is 0 Å². The molecular weight excluding hydrogens is 587 g/mol. The van der Waals surface area contributed by atoms with E-state index in [4.69, 9.17) is 9.97 Å². The van der Waals surface area contributed by atoms with Gasteiger partial charge in [0.1, 0.15) is 11.6 Å². The first-order chi connectivity index (χ1) is 22.2. The molecule has 0 saturated heterocycles. The van der Waals surface area contributed by atoms with Crippen LogP contribution < -0.4 is 0 Å². The van der Waals surface area contributed by atoms with Crippen LogP contribution in [0, 0.1) is 0 Å². The van der Waals surface area contributed by atoms with Gasteiger partial charge in [-0.3, -0.25) is 4.98 Å². The third kappa shape index (κ3) is 6.14. The van der Waals surface area contributed by atoms with Gasteiger partial charge in [0.25, 0.3) is 0 Å². The molecule has 0 radical (unpaired) electrons. The summed E-state index contributed by atoms with van der Waals surface area (Å²) in [6.07, 6.45) is 1.89. The number of aromatic nitrogens is 3. The zero-order valence-electron chi connectivity index (χ0n) is 30.9. The molecule has 1 N–H and O–H groups in total. The van der Waals surface area contributed by atoms with Gasteiger partial charge in [-0.15, -0.1) is 0 Å². The smallest absolute Gasteiger partial charge is 0.145 e. The van der Waals surface area contributed by atoms with Crippen LogP contribution in [0.25, 0.3) is 55.6 Å². The van der Waals surface area contributed by atoms with Crippen molar-refractivity contribution >= 4 is 21.9 Å². The minimum Gasteiger partial charge on any atom is -0.507 e. The molecule has 6 aromatic rings. The summed E-state index contributed by atoms with van der Waals surface area (Å²) in [6.45, 7) is 26.8. The zero-order chi connectivity index (χ0) is 35.0. The van der Waals surface area contributed by atoms with E-state index in [0.717, 1.165) is 61.1 Å². The Morgan fingerprint density at radius 1 is 0.542 bits per heavy atom. The molecular formula is C44H51N3O. The summed E-state index contributed by atoms with van der Waals surface area (Å²) in [4.78, 5) is 10.3. The van der Waals surface area contributed by atoms with Gasteiger partial charge in [0, 0.05) is 28.2 Å². The second kappa shape index (κ2) is 11.3. The van der Waals surface area contributed by atoms with E-state index in [9.17, 15) is 5.11 Å². The SMILES string of the molecule is CC(C)(C)c1cc(-c2cc(C(C)(C)C)cc3cccnc23)cc(-c2cccc3c2nc(-c2cc(C(C)(C)C)ccc2O)n3C(C)(C)C)c1. The third-order valence-corrected chi connectivity index (χ3v) is 9.45. The highest BCUT2D eigenvalue weighted by molar-refractivity contribution is 5.98. The Morgan fingerprint density at radius 3 is 1.77 bits per heavy atom. The van der Waals surface area contributed by atoms with Gasteiger partial charge >= 0.3 is 0 Å². The van der Waals surface area contributed by atoms with Crippen molar-refractivity contribution < 1.29 is 5.11 Å². The van der Waals surface area contributed by atoms with Crippen molar-refractivity contribution in [1.29, 1.82) is 0 Å². The molecule has 0 atom stereocenters. The minimum absolute atomic E-state index is 0.0130. The van der Waals surface area contributed by atoms with Crippen LogP contribution >= 0.6 is 0 Å². The number of rotatable bonds is 3. The number of pyridine rings is 1. The summed E-state index contributed by atoms with van der Waals surface area (Å²) in [5.41, 5.74) is 11.4. The molecule has 2 heterocycles. The van der Waals surface area contributed by atoms with Gasteiger partial charge in [0.15, 0.2) is 0 Å². The number of benzene rings is 4. The molecule has 48 heavy (non-hydrogen) atoms. The Labute approximate surface area is 286 Å². The van der Waals surface area contributed by atoms with Crippen molar-refractivity contribution in [2.24, 2.45) is 0 Å². The Bertz CT molecular complexity index is 2170. The van der Waals surface area contributed by atoms with Crippen molar-refractivity contribution in [1.82, 2.24) is 14.5 Å². The molecule has 6 rings (SSSR count). The van der Waals surface area contributed by atoms with Gasteiger partial charge in [-0.1, -0.05) is 98.7 Å². The molecule has 0 amide bonds. The lowest BCUT2D eigenvalue weighted by Gasteiger charge is -2.26. The first kappa shape index (κ1) is 33.5. The van der Waals surface area contributed by atoms with Gasteiger partial charge in [0.05, 0.1) is 22.1 Å². The molecule has 4 nitrogen and oxygen atoms in total. The maximum Gasteiger partial charge on any atom is 0.145 e. The molecule has 4 aromatic carbocycles. The highest BCUT2D eigenvalue weighted by Crippen LogP contribution is 2.43. The highest BCUT2D eigenvalue weighted by Gasteiger charge is 2.28. The van der Waals surface area contributed by atoms with Crippen molar-refractivity contribution in [2.45, 2.75) is 105 Å². The maximum absolute atomic E-state index is 11.3. The van der Waals surface area contributed by atoms with E-state index in [1.165, 1.54) is 11.1 Å². The van der Waals surface area contributed by atoms with E-state index in [2.05, 4.69) is 148 Å². The molecule has 0 aliphatic rings. The highest BCUT2D eigenvalue weighted by atomic mass is 16.3. The Balaban J connectivity index is 1.67. The topological polar surface area (TPSA) is 50.9 Å². The van der Waals surface area contributed by atoms with Crippen LogP contribution in [0.2, 0.25) is 0 Å². The number of imidazole rings is 1. The molecule has 4 heteroatoms. The molecule has 2 aromatic heterocycles. The van der Waals surface area contributed by atoms with Crippen molar-refractivity contribution in [3.63, 3.8) is 0 Å². The average molecular weight is 638 g/mol. The van der Waals surface area contributed by atoms with E-state index < -0.39 is 0 Å². The van der Waals surface area contributed by atoms with Gasteiger partial charge in [-0.25, -0.2) is 4.98 Å². The van der Waals surface area contributed by atoms with Gasteiger partial charge < -0.3 is 9.67 Å². The standard InChI is InChI=1S/C44H51N3O/c1-41(2,3)30-18-19-37(48)35(25-30)40-46-39-33(16-13-17-36(39)47(40)44(10,11)12)28-21-29(24-31(23-28)42(4,5)6)34-26-32(43(7,8)9)22-27-15-14-20-45-38(27)34/h13-26,48H,1-12H3. The molecule has 248 valence electrons. The van der Waals surface area contributed by atoms with Crippen LogP contribution in [-0.4, -0.2) is 19.6 Å². The number of fused-ring (bicyclic) bond motifs is 2. The molecule has 0 spiro atoms. The second-order valence-corrected chi connectivity index (χ2v) is 17.5. The third-order valence-electron chi connectivity index (χ3n) is 9.45. The van der Waals surface area contributed by atoms with E-state index in [1.807, 2.05) is 24.4 Å². The molecule has 0 fully saturated rings. The minimum atomic E-state index is -0.288. The second-order valence-electron chi connectivity index (χ2n) is 17.5. The molecule has 0 unspecified atom stereocenters. The summed E-state index contributed by atoms with van der Waals surface area (Å²) in [7, 11) is 0. The quantitative estimate of drug-likeness (QED) is 0.210. The molecule has 0 aliphatic heterocycles. The average Bonchev–Trinajstić information content (AvgIpc) is 3.39. The lowest BCUT2D eigenvalue weighted by molar-refractivity contribution is 0.411. The Morgan fingerprint density at radius 2 is 1.15 bits per heavy atom. The number of hydrogen-bond donors (Lipinski definition) is 1. The first-order valence-corrected chi connectivity index (χ1v) is 17.1. The summed E-state index contributed by atoms with van der Waals surface area (Å²) < 4.78 is 2.28. The van der Waals surface area contributed by atoms with E-state index >= 15 is 0 Å². The van der Waals surface area contributed by atoms with Crippen LogP contribution in [0.4, 0.5) is 0 Å².